The molecule has 1 unspecified atom stereocenters. The number of halogens is 1. The molecule has 6 heteroatoms. The van der Waals surface area contributed by atoms with Gasteiger partial charge in [-0.05, 0) is 17.7 Å². The van der Waals surface area contributed by atoms with Gasteiger partial charge in [-0.15, -0.1) is 12.4 Å². The van der Waals surface area contributed by atoms with E-state index in [0.29, 0.717) is 0 Å². The van der Waals surface area contributed by atoms with Crippen molar-refractivity contribution >= 4 is 22.2 Å². The van der Waals surface area contributed by atoms with Crippen LogP contribution in [0.25, 0.3) is 0 Å². The van der Waals surface area contributed by atoms with Crippen LogP contribution < -0.4 is 5.73 Å². The van der Waals surface area contributed by atoms with Crippen LogP contribution in [0.3, 0.4) is 0 Å². The molecule has 0 bridgehead atoms. The van der Waals surface area contributed by atoms with Crippen LogP contribution in [0.5, 0.6) is 0 Å². The molecule has 1 atom stereocenters. The lowest BCUT2D eigenvalue weighted by atomic mass is 10.1. The summed E-state index contributed by atoms with van der Waals surface area (Å²) in [6.45, 7) is -0.155. The number of hydrogen-bond acceptors (Lipinski definition) is 4. The third-order valence-corrected chi connectivity index (χ3v) is 3.06. The van der Waals surface area contributed by atoms with Gasteiger partial charge in [0.05, 0.1) is 17.5 Å². The third-order valence-electron chi connectivity index (χ3n) is 1.93. The fourth-order valence-corrected chi connectivity index (χ4v) is 1.70. The van der Waals surface area contributed by atoms with Gasteiger partial charge in [0.15, 0.2) is 9.84 Å². The van der Waals surface area contributed by atoms with Crippen LogP contribution in [0, 0.1) is 0 Å². The quantitative estimate of drug-likeness (QED) is 0.820. The number of nitrogens with two attached hydrogens (primary N) is 1. The van der Waals surface area contributed by atoms with Crippen molar-refractivity contribution in [3.63, 3.8) is 0 Å². The molecule has 1 aromatic carbocycles. The van der Waals surface area contributed by atoms with Gasteiger partial charge in [-0.1, -0.05) is 12.1 Å². The van der Waals surface area contributed by atoms with Crippen molar-refractivity contribution in [2.75, 3.05) is 12.9 Å². The van der Waals surface area contributed by atoms with Crippen molar-refractivity contribution in [2.24, 2.45) is 5.73 Å². The van der Waals surface area contributed by atoms with Crippen LogP contribution in [-0.2, 0) is 9.84 Å². The number of benzene rings is 1. The second kappa shape index (κ2) is 5.46. The molecule has 15 heavy (non-hydrogen) atoms. The summed E-state index contributed by atoms with van der Waals surface area (Å²) >= 11 is 0. The first-order valence-electron chi connectivity index (χ1n) is 4.11. The van der Waals surface area contributed by atoms with Gasteiger partial charge in [0.25, 0.3) is 0 Å². The Morgan fingerprint density at radius 2 is 1.80 bits per heavy atom. The second-order valence-electron chi connectivity index (χ2n) is 3.13. The van der Waals surface area contributed by atoms with Gasteiger partial charge in [-0.25, -0.2) is 8.42 Å². The van der Waals surface area contributed by atoms with E-state index < -0.39 is 15.9 Å². The fraction of sp³-hybridized carbons (Fsp3) is 0.333. The Balaban J connectivity index is 0.00000196. The molecule has 1 aromatic rings. The molecule has 0 heterocycles. The van der Waals surface area contributed by atoms with E-state index in [4.69, 9.17) is 10.8 Å². The monoisotopic (exact) mass is 251 g/mol. The highest BCUT2D eigenvalue weighted by molar-refractivity contribution is 7.90. The number of sulfone groups is 1. The number of rotatable bonds is 3. The summed E-state index contributed by atoms with van der Waals surface area (Å²) < 4.78 is 22.2. The maximum absolute atomic E-state index is 11.1. The van der Waals surface area contributed by atoms with Gasteiger partial charge >= 0.3 is 0 Å². The predicted molar refractivity (Wildman–Crippen MR) is 60.8 cm³/mol. The van der Waals surface area contributed by atoms with Crippen LogP contribution in [0.1, 0.15) is 11.6 Å². The van der Waals surface area contributed by atoms with Gasteiger partial charge < -0.3 is 10.8 Å². The summed E-state index contributed by atoms with van der Waals surface area (Å²) in [6.07, 6.45) is 1.15. The van der Waals surface area contributed by atoms with Crippen LogP contribution >= 0.6 is 12.4 Å². The highest BCUT2D eigenvalue weighted by atomic mass is 35.5. The van der Waals surface area contributed by atoms with E-state index >= 15 is 0 Å². The van der Waals surface area contributed by atoms with Crippen LogP contribution in [0.15, 0.2) is 29.2 Å². The molecule has 0 radical (unpaired) electrons. The molecule has 0 amide bonds. The number of aliphatic hydroxyl groups excluding tert-OH is 1. The summed E-state index contributed by atoms with van der Waals surface area (Å²) in [5.74, 6) is 0. The highest BCUT2D eigenvalue weighted by Gasteiger charge is 2.08. The van der Waals surface area contributed by atoms with Gasteiger partial charge in [0.1, 0.15) is 0 Å². The Hall–Kier alpha value is -0.620. The Morgan fingerprint density at radius 3 is 2.13 bits per heavy atom. The van der Waals surface area contributed by atoms with Crippen molar-refractivity contribution in [3.8, 4) is 0 Å². The average Bonchev–Trinajstić information content (AvgIpc) is 2.15. The van der Waals surface area contributed by atoms with Crippen molar-refractivity contribution in [3.05, 3.63) is 29.8 Å². The van der Waals surface area contributed by atoms with E-state index in [9.17, 15) is 8.42 Å². The smallest absolute Gasteiger partial charge is 0.175 e. The Bertz CT molecular complexity index is 402. The van der Waals surface area contributed by atoms with E-state index in [0.717, 1.165) is 11.8 Å². The first-order valence-corrected chi connectivity index (χ1v) is 6.00. The SMILES string of the molecule is CS(=O)(=O)c1ccc(C(N)CO)cc1.Cl. The van der Waals surface area contributed by atoms with Crippen LogP contribution in [0.4, 0.5) is 0 Å². The first kappa shape index (κ1) is 14.4. The van der Waals surface area contributed by atoms with Gasteiger partial charge in [0.2, 0.25) is 0 Å². The van der Waals surface area contributed by atoms with E-state index in [1.807, 2.05) is 0 Å². The second-order valence-corrected chi connectivity index (χ2v) is 5.15. The van der Waals surface area contributed by atoms with Crippen molar-refractivity contribution in [1.29, 1.82) is 0 Å². The lowest BCUT2D eigenvalue weighted by molar-refractivity contribution is 0.268. The molecule has 86 valence electrons. The molecule has 0 saturated carbocycles. The standard InChI is InChI=1S/C9H13NO3S.ClH/c1-14(12,13)8-4-2-7(3-5-8)9(10)6-11;/h2-5,9,11H,6,10H2,1H3;1H. The van der Waals surface area contributed by atoms with Gasteiger partial charge in [0, 0.05) is 6.26 Å². The van der Waals surface area contributed by atoms with E-state index in [1.54, 1.807) is 12.1 Å². The number of aliphatic hydroxyl groups is 1. The van der Waals surface area contributed by atoms with Crippen molar-refractivity contribution < 1.29 is 13.5 Å². The average molecular weight is 252 g/mol. The molecule has 1 rings (SSSR count). The summed E-state index contributed by atoms with van der Waals surface area (Å²) in [5, 5.41) is 8.77. The molecule has 0 saturated heterocycles. The van der Waals surface area contributed by atoms with Gasteiger partial charge in [-0.2, -0.15) is 0 Å². The molecule has 0 aliphatic rings. The third kappa shape index (κ3) is 3.79. The molecule has 4 nitrogen and oxygen atoms in total. The summed E-state index contributed by atoms with van der Waals surface area (Å²) in [6, 6.07) is 5.73. The lowest BCUT2D eigenvalue weighted by Gasteiger charge is -2.08. The zero-order valence-corrected chi connectivity index (χ0v) is 9.88. The Labute approximate surface area is 95.4 Å². The molecule has 0 aliphatic heterocycles. The van der Waals surface area contributed by atoms with E-state index in [-0.39, 0.29) is 23.9 Å². The normalized spacial score (nSPS) is 13.0. The first-order chi connectivity index (χ1) is 6.45. The molecule has 0 fully saturated rings. The zero-order valence-electron chi connectivity index (χ0n) is 8.25. The largest absolute Gasteiger partial charge is 0.394 e. The topological polar surface area (TPSA) is 80.4 Å². The highest BCUT2D eigenvalue weighted by Crippen LogP contribution is 2.14. The summed E-state index contributed by atoms with van der Waals surface area (Å²) in [5.41, 5.74) is 6.28. The molecular formula is C9H14ClNO3S. The van der Waals surface area contributed by atoms with Crippen LogP contribution in [-0.4, -0.2) is 26.4 Å². The molecule has 3 N–H and O–H groups in total. The minimum Gasteiger partial charge on any atom is -0.394 e. The number of hydrogen-bond donors (Lipinski definition) is 2. The molecule has 0 aromatic heterocycles. The Morgan fingerprint density at radius 1 is 1.33 bits per heavy atom. The molecule has 0 spiro atoms. The molecular weight excluding hydrogens is 238 g/mol. The van der Waals surface area contributed by atoms with E-state index in [2.05, 4.69) is 0 Å². The van der Waals surface area contributed by atoms with Crippen LogP contribution in [0.2, 0.25) is 0 Å². The minimum atomic E-state index is -3.16. The summed E-state index contributed by atoms with van der Waals surface area (Å²) in [4.78, 5) is 0.256. The maximum atomic E-state index is 11.1. The van der Waals surface area contributed by atoms with Gasteiger partial charge in [-0.3, -0.25) is 0 Å². The summed E-state index contributed by atoms with van der Waals surface area (Å²) in [7, 11) is -3.16. The van der Waals surface area contributed by atoms with Crippen molar-refractivity contribution in [1.82, 2.24) is 0 Å². The Kier molecular flexibility index (Phi) is 5.23. The lowest BCUT2D eigenvalue weighted by Crippen LogP contribution is -2.14. The van der Waals surface area contributed by atoms with Crippen molar-refractivity contribution in [2.45, 2.75) is 10.9 Å². The predicted octanol–water partition coefficient (Wildman–Crippen LogP) is 0.504. The fourth-order valence-electron chi connectivity index (χ4n) is 1.07. The minimum absolute atomic E-state index is 0. The maximum Gasteiger partial charge on any atom is 0.175 e. The van der Waals surface area contributed by atoms with E-state index in [1.165, 1.54) is 12.1 Å². The zero-order chi connectivity index (χ0) is 10.8. The molecule has 0 aliphatic carbocycles.